The van der Waals surface area contributed by atoms with Crippen molar-refractivity contribution < 1.29 is 9.84 Å². The fourth-order valence-electron chi connectivity index (χ4n) is 1.61. The van der Waals surface area contributed by atoms with Gasteiger partial charge in [-0.25, -0.2) is 0 Å². The van der Waals surface area contributed by atoms with Crippen molar-refractivity contribution in [3.63, 3.8) is 0 Å². The van der Waals surface area contributed by atoms with Gasteiger partial charge < -0.3 is 9.84 Å². The summed E-state index contributed by atoms with van der Waals surface area (Å²) < 4.78 is 5.55. The Morgan fingerprint density at radius 1 is 1.12 bits per heavy atom. The van der Waals surface area contributed by atoms with Crippen LogP contribution in [-0.4, -0.2) is 17.8 Å². The van der Waals surface area contributed by atoms with Crippen molar-refractivity contribution in [1.29, 1.82) is 0 Å². The first-order valence-electron chi connectivity index (χ1n) is 6.19. The van der Waals surface area contributed by atoms with Crippen molar-refractivity contribution in [2.24, 2.45) is 0 Å². The number of hydrogen-bond donors (Lipinski definition) is 1. The van der Waals surface area contributed by atoms with E-state index in [0.717, 1.165) is 37.9 Å². The predicted octanol–water partition coefficient (Wildman–Crippen LogP) is 3.40. The first-order chi connectivity index (χ1) is 7.83. The number of hydrogen-bond acceptors (Lipinski definition) is 2. The topological polar surface area (TPSA) is 29.5 Å². The molecule has 1 aromatic carbocycles. The molecule has 0 aromatic heterocycles. The summed E-state index contributed by atoms with van der Waals surface area (Å²) in [6.45, 7) is 2.83. The van der Waals surface area contributed by atoms with E-state index in [4.69, 9.17) is 4.74 Å². The van der Waals surface area contributed by atoms with Crippen LogP contribution in [0.5, 0.6) is 5.75 Å². The van der Waals surface area contributed by atoms with E-state index < -0.39 is 0 Å². The molecule has 0 fully saturated rings. The Bertz CT molecular complexity index is 259. The van der Waals surface area contributed by atoms with Gasteiger partial charge >= 0.3 is 0 Å². The highest BCUT2D eigenvalue weighted by Crippen LogP contribution is 2.10. The molecule has 1 unspecified atom stereocenters. The van der Waals surface area contributed by atoms with Gasteiger partial charge in [0.05, 0.1) is 12.7 Å². The highest BCUT2D eigenvalue weighted by atomic mass is 16.5. The molecule has 0 spiro atoms. The third-order valence-electron chi connectivity index (χ3n) is 2.58. The van der Waals surface area contributed by atoms with Crippen molar-refractivity contribution in [3.05, 3.63) is 30.3 Å². The van der Waals surface area contributed by atoms with Crippen LogP contribution in [0.25, 0.3) is 0 Å². The van der Waals surface area contributed by atoms with Crippen molar-refractivity contribution in [3.8, 4) is 5.75 Å². The van der Waals surface area contributed by atoms with E-state index in [1.165, 1.54) is 0 Å². The zero-order valence-electron chi connectivity index (χ0n) is 10.1. The zero-order chi connectivity index (χ0) is 11.6. The van der Waals surface area contributed by atoms with Gasteiger partial charge in [0.1, 0.15) is 5.75 Å². The molecular weight excluding hydrogens is 200 g/mol. The molecule has 90 valence electrons. The minimum Gasteiger partial charge on any atom is -0.494 e. The Hall–Kier alpha value is -1.02. The van der Waals surface area contributed by atoms with E-state index in [0.29, 0.717) is 6.61 Å². The molecule has 0 aliphatic heterocycles. The van der Waals surface area contributed by atoms with Gasteiger partial charge in [0, 0.05) is 0 Å². The summed E-state index contributed by atoms with van der Waals surface area (Å²) in [6.07, 6.45) is 4.78. The molecule has 0 aliphatic rings. The fourth-order valence-corrected chi connectivity index (χ4v) is 1.61. The Morgan fingerprint density at radius 2 is 1.81 bits per heavy atom. The molecule has 0 radical (unpaired) electrons. The number of unbranched alkanes of at least 4 members (excludes halogenated alkanes) is 1. The average Bonchev–Trinajstić information content (AvgIpc) is 2.33. The quantitative estimate of drug-likeness (QED) is 0.683. The third-order valence-corrected chi connectivity index (χ3v) is 2.58. The average molecular weight is 222 g/mol. The molecule has 0 aliphatic carbocycles. The second kappa shape index (κ2) is 8.17. The minimum atomic E-state index is -0.153. The van der Waals surface area contributed by atoms with Gasteiger partial charge in [0.25, 0.3) is 0 Å². The fraction of sp³-hybridized carbons (Fsp3) is 0.571. The van der Waals surface area contributed by atoms with Crippen molar-refractivity contribution >= 4 is 0 Å². The van der Waals surface area contributed by atoms with Crippen LogP contribution < -0.4 is 4.74 Å². The van der Waals surface area contributed by atoms with Crippen LogP contribution in [0.3, 0.4) is 0 Å². The maximum absolute atomic E-state index is 9.62. The van der Waals surface area contributed by atoms with Crippen LogP contribution in [0.15, 0.2) is 30.3 Å². The molecule has 1 aromatic rings. The molecule has 2 nitrogen and oxygen atoms in total. The van der Waals surface area contributed by atoms with Crippen LogP contribution in [0.2, 0.25) is 0 Å². The van der Waals surface area contributed by atoms with E-state index in [9.17, 15) is 5.11 Å². The molecule has 0 amide bonds. The first-order valence-corrected chi connectivity index (χ1v) is 6.19. The second-order valence-corrected chi connectivity index (χ2v) is 4.10. The van der Waals surface area contributed by atoms with Crippen molar-refractivity contribution in [2.75, 3.05) is 6.61 Å². The van der Waals surface area contributed by atoms with Gasteiger partial charge in [-0.2, -0.15) is 0 Å². The van der Waals surface area contributed by atoms with Gasteiger partial charge in [-0.1, -0.05) is 38.0 Å². The summed E-state index contributed by atoms with van der Waals surface area (Å²) in [5.74, 6) is 0.908. The van der Waals surface area contributed by atoms with Gasteiger partial charge in [0.15, 0.2) is 0 Å². The Balaban J connectivity index is 2.03. The van der Waals surface area contributed by atoms with Crippen LogP contribution >= 0.6 is 0 Å². The SMILES string of the molecule is CCCCC(O)CCCOc1ccccc1. The van der Waals surface area contributed by atoms with Crippen LogP contribution in [0.4, 0.5) is 0 Å². The maximum Gasteiger partial charge on any atom is 0.119 e. The van der Waals surface area contributed by atoms with E-state index in [2.05, 4.69) is 6.92 Å². The molecule has 1 N–H and O–H groups in total. The van der Waals surface area contributed by atoms with Gasteiger partial charge in [-0.3, -0.25) is 0 Å². The molecule has 0 heterocycles. The standard InChI is InChI=1S/C14H22O2/c1-2-3-8-13(15)9-7-12-16-14-10-5-4-6-11-14/h4-6,10-11,13,15H,2-3,7-9,12H2,1H3. The number of rotatable bonds is 8. The van der Waals surface area contributed by atoms with E-state index in [1.54, 1.807) is 0 Å². The summed E-state index contributed by atoms with van der Waals surface area (Å²) in [5, 5.41) is 9.62. The monoisotopic (exact) mass is 222 g/mol. The smallest absolute Gasteiger partial charge is 0.119 e. The second-order valence-electron chi connectivity index (χ2n) is 4.10. The summed E-state index contributed by atoms with van der Waals surface area (Å²) in [5.41, 5.74) is 0. The predicted molar refractivity (Wildman–Crippen MR) is 66.7 cm³/mol. The van der Waals surface area contributed by atoms with Crippen molar-refractivity contribution in [1.82, 2.24) is 0 Å². The first kappa shape index (κ1) is 13.0. The molecule has 1 atom stereocenters. The molecular formula is C14H22O2. The summed E-state index contributed by atoms with van der Waals surface area (Å²) in [6, 6.07) is 9.80. The van der Waals surface area contributed by atoms with Gasteiger partial charge in [0.2, 0.25) is 0 Å². The number of aliphatic hydroxyl groups is 1. The van der Waals surface area contributed by atoms with E-state index >= 15 is 0 Å². The maximum atomic E-state index is 9.62. The number of aliphatic hydroxyl groups excluding tert-OH is 1. The van der Waals surface area contributed by atoms with E-state index in [-0.39, 0.29) is 6.10 Å². The highest BCUT2D eigenvalue weighted by molar-refractivity contribution is 5.20. The minimum absolute atomic E-state index is 0.153. The molecule has 0 saturated carbocycles. The molecule has 0 bridgehead atoms. The molecule has 16 heavy (non-hydrogen) atoms. The largest absolute Gasteiger partial charge is 0.494 e. The lowest BCUT2D eigenvalue weighted by atomic mass is 10.1. The lowest BCUT2D eigenvalue weighted by Gasteiger charge is -2.10. The van der Waals surface area contributed by atoms with Crippen LogP contribution in [-0.2, 0) is 0 Å². The van der Waals surface area contributed by atoms with Gasteiger partial charge in [-0.15, -0.1) is 0 Å². The molecule has 0 saturated heterocycles. The number of benzene rings is 1. The number of para-hydroxylation sites is 1. The Kier molecular flexibility index (Phi) is 6.66. The summed E-state index contributed by atoms with van der Waals surface area (Å²) in [7, 11) is 0. The molecule has 2 heteroatoms. The third kappa shape index (κ3) is 5.76. The summed E-state index contributed by atoms with van der Waals surface area (Å²) >= 11 is 0. The number of ether oxygens (including phenoxy) is 1. The molecule has 1 rings (SSSR count). The van der Waals surface area contributed by atoms with Crippen LogP contribution in [0, 0.1) is 0 Å². The lowest BCUT2D eigenvalue weighted by molar-refractivity contribution is 0.141. The van der Waals surface area contributed by atoms with Crippen LogP contribution in [0.1, 0.15) is 39.0 Å². The van der Waals surface area contributed by atoms with Gasteiger partial charge in [-0.05, 0) is 31.4 Å². The summed E-state index contributed by atoms with van der Waals surface area (Å²) in [4.78, 5) is 0. The van der Waals surface area contributed by atoms with Crippen molar-refractivity contribution in [2.45, 2.75) is 45.1 Å². The highest BCUT2D eigenvalue weighted by Gasteiger charge is 2.02. The lowest BCUT2D eigenvalue weighted by Crippen LogP contribution is -2.08. The zero-order valence-corrected chi connectivity index (χ0v) is 10.1. The normalized spacial score (nSPS) is 12.4. The Labute approximate surface area is 98.3 Å². The van der Waals surface area contributed by atoms with E-state index in [1.807, 2.05) is 30.3 Å². The Morgan fingerprint density at radius 3 is 2.50 bits per heavy atom.